The number of halogens is 2. The second kappa shape index (κ2) is 21.0. The zero-order valence-corrected chi connectivity index (χ0v) is 33.9. The molecule has 4 N–H and O–H groups in total. The molecular formula is C39H66F2N6O6. The van der Waals surface area contributed by atoms with Crippen molar-refractivity contribution in [3.05, 3.63) is 35.4 Å². The van der Waals surface area contributed by atoms with Crippen molar-refractivity contribution in [2.45, 2.75) is 117 Å². The Kier molecular flexibility index (Phi) is 18.2. The molecule has 2 unspecified atom stereocenters. The third-order valence-corrected chi connectivity index (χ3v) is 10.8. The van der Waals surface area contributed by atoms with Gasteiger partial charge >= 0.3 is 0 Å². The number of methoxy groups -OCH3 is 2. The maximum Gasteiger partial charge on any atom is 0.245 e. The molecule has 1 aliphatic rings. The summed E-state index contributed by atoms with van der Waals surface area (Å²) in [7, 11) is 8.36. The van der Waals surface area contributed by atoms with E-state index in [1.54, 1.807) is 23.8 Å². The monoisotopic (exact) mass is 753 g/mol. The van der Waals surface area contributed by atoms with Gasteiger partial charge in [0, 0.05) is 46.0 Å². The first-order valence-corrected chi connectivity index (χ1v) is 18.9. The van der Waals surface area contributed by atoms with E-state index in [1.807, 2.05) is 60.5 Å². The summed E-state index contributed by atoms with van der Waals surface area (Å²) in [4.78, 5) is 60.1. The van der Waals surface area contributed by atoms with Gasteiger partial charge in [-0.25, -0.2) is 8.78 Å². The van der Waals surface area contributed by atoms with E-state index in [0.29, 0.717) is 12.8 Å². The van der Waals surface area contributed by atoms with Crippen molar-refractivity contribution in [1.29, 1.82) is 0 Å². The van der Waals surface area contributed by atoms with Crippen molar-refractivity contribution in [1.82, 2.24) is 25.3 Å². The van der Waals surface area contributed by atoms with E-state index in [-0.39, 0.29) is 78.9 Å². The Bertz CT molecular complexity index is 1340. The zero-order chi connectivity index (χ0) is 40.3. The molecule has 0 aliphatic carbocycles. The minimum Gasteiger partial charge on any atom is -0.379 e. The molecule has 14 heteroatoms. The van der Waals surface area contributed by atoms with Crippen LogP contribution in [0.25, 0.3) is 0 Å². The quantitative estimate of drug-likeness (QED) is 0.184. The average molecular weight is 753 g/mol. The topological polar surface area (TPSA) is 147 Å². The van der Waals surface area contributed by atoms with Crippen LogP contribution in [0.15, 0.2) is 18.2 Å². The number of nitrogens with two attached hydrogens (primary N) is 1. The van der Waals surface area contributed by atoms with Crippen LogP contribution in [-0.2, 0) is 35.1 Å². The normalized spacial score (nSPS) is 20.2. The molecule has 1 aliphatic heterocycles. The van der Waals surface area contributed by atoms with E-state index in [9.17, 15) is 28.0 Å². The largest absolute Gasteiger partial charge is 0.379 e. The predicted octanol–water partition coefficient (Wildman–Crippen LogP) is 3.21. The van der Waals surface area contributed by atoms with Crippen molar-refractivity contribution in [2.75, 3.05) is 48.5 Å². The number of rotatable bonds is 20. The number of likely N-dealkylation sites (tertiary alicyclic amines) is 1. The Morgan fingerprint density at radius 3 is 2.06 bits per heavy atom. The van der Waals surface area contributed by atoms with Crippen LogP contribution in [0.1, 0.15) is 73.3 Å². The fourth-order valence-electron chi connectivity index (χ4n) is 7.71. The lowest BCUT2D eigenvalue weighted by molar-refractivity contribution is -0.148. The van der Waals surface area contributed by atoms with E-state index in [0.717, 1.165) is 0 Å². The van der Waals surface area contributed by atoms with Crippen LogP contribution < -0.4 is 16.4 Å². The molecule has 1 saturated heterocycles. The molecule has 0 aromatic heterocycles. The number of carbonyl (C=O) groups excluding carboxylic acids is 4. The first kappa shape index (κ1) is 46.0. The first-order valence-electron chi connectivity index (χ1n) is 18.9. The highest BCUT2D eigenvalue weighted by Crippen LogP contribution is 2.29. The number of nitrogens with zero attached hydrogens (tertiary/aromatic N) is 3. The van der Waals surface area contributed by atoms with Gasteiger partial charge in [0.15, 0.2) is 0 Å². The highest BCUT2D eigenvalue weighted by molar-refractivity contribution is 5.90. The van der Waals surface area contributed by atoms with Crippen LogP contribution in [0.4, 0.5) is 8.78 Å². The first-order chi connectivity index (χ1) is 24.8. The maximum absolute atomic E-state index is 14.2. The Morgan fingerprint density at radius 2 is 1.57 bits per heavy atom. The van der Waals surface area contributed by atoms with Crippen molar-refractivity contribution >= 4 is 23.6 Å². The lowest BCUT2D eigenvalue weighted by Crippen LogP contribution is -2.59. The molecule has 1 heterocycles. The fourth-order valence-corrected chi connectivity index (χ4v) is 7.71. The minimum atomic E-state index is -0.796. The fraction of sp³-hybridized carbons (Fsp3) is 0.744. The standard InChI is InChI=1S/C39H66F2N6O6/c1-13-24(6)35(46(10)39(51)33(22(2)3)44-38(50)34(23(4)5)45(8)9)31(52-11)20-32(48)47-21-26(42)19-30(47)36(53-12)25(7)37(49)43-18-17-27-28(40)15-14-16-29(27)41/h14-16,22-26,30-31,33-36H,13,17-21,42H2,1-12H3,(H,43,49)(H,44,50)/t24-,25+,26-,30-,31+,33-,34-,35?,36?/m0/s1. The van der Waals surface area contributed by atoms with Crippen LogP contribution in [0.3, 0.4) is 0 Å². The molecule has 9 atom stereocenters. The van der Waals surface area contributed by atoms with Gasteiger partial charge in [0.25, 0.3) is 0 Å². The average Bonchev–Trinajstić information content (AvgIpc) is 3.48. The van der Waals surface area contributed by atoms with E-state index in [1.165, 1.54) is 32.4 Å². The summed E-state index contributed by atoms with van der Waals surface area (Å²) >= 11 is 0. The maximum atomic E-state index is 14.2. The van der Waals surface area contributed by atoms with Crippen LogP contribution in [0.5, 0.6) is 0 Å². The van der Waals surface area contributed by atoms with Crippen LogP contribution in [-0.4, -0.2) is 129 Å². The SMILES string of the molecule is CC[C@H](C)C([C@@H](CC(=O)N1C[C@@H](N)C[C@H]1C(OC)[C@@H](C)C(=O)NCCc1c(F)cccc1F)OC)N(C)C(=O)[C@@H](NC(=O)[C@H](C(C)C)N(C)C)C(C)C. The third-order valence-electron chi connectivity index (χ3n) is 10.8. The summed E-state index contributed by atoms with van der Waals surface area (Å²) in [6, 6.07) is 1.02. The minimum absolute atomic E-state index is 0.0123. The molecule has 53 heavy (non-hydrogen) atoms. The Balaban J connectivity index is 2.26. The molecule has 0 bridgehead atoms. The Hall–Kier alpha value is -3.20. The molecule has 1 aromatic carbocycles. The van der Waals surface area contributed by atoms with Crippen LogP contribution in [0.2, 0.25) is 0 Å². The molecule has 302 valence electrons. The van der Waals surface area contributed by atoms with Gasteiger partial charge in [0.05, 0.1) is 42.7 Å². The molecule has 0 spiro atoms. The van der Waals surface area contributed by atoms with E-state index in [4.69, 9.17) is 15.2 Å². The number of hydrogen-bond donors (Lipinski definition) is 3. The van der Waals surface area contributed by atoms with Gasteiger partial charge in [-0.15, -0.1) is 0 Å². The van der Waals surface area contributed by atoms with E-state index >= 15 is 0 Å². The van der Waals surface area contributed by atoms with Gasteiger partial charge in [0.2, 0.25) is 23.6 Å². The van der Waals surface area contributed by atoms with Gasteiger partial charge in [0.1, 0.15) is 17.7 Å². The number of ether oxygens (including phenoxy) is 2. The van der Waals surface area contributed by atoms with Crippen LogP contribution >= 0.6 is 0 Å². The summed E-state index contributed by atoms with van der Waals surface area (Å²) in [6.07, 6.45) is -0.415. The second-order valence-electron chi connectivity index (χ2n) is 15.5. The molecule has 0 saturated carbocycles. The van der Waals surface area contributed by atoms with E-state index < -0.39 is 53.9 Å². The third kappa shape index (κ3) is 11.9. The molecule has 12 nitrogen and oxygen atoms in total. The summed E-state index contributed by atoms with van der Waals surface area (Å²) in [5.41, 5.74) is 6.29. The zero-order valence-electron chi connectivity index (χ0n) is 33.9. The number of benzene rings is 1. The van der Waals surface area contributed by atoms with Gasteiger partial charge < -0.3 is 35.6 Å². The highest BCUT2D eigenvalue weighted by atomic mass is 19.1. The van der Waals surface area contributed by atoms with Crippen molar-refractivity contribution < 1.29 is 37.4 Å². The predicted molar refractivity (Wildman–Crippen MR) is 202 cm³/mol. The van der Waals surface area contributed by atoms with Crippen LogP contribution in [0, 0.1) is 35.3 Å². The molecule has 0 radical (unpaired) electrons. The lowest BCUT2D eigenvalue weighted by atomic mass is 9.89. The van der Waals surface area contributed by atoms with Crippen molar-refractivity contribution in [2.24, 2.45) is 29.4 Å². The molecule has 2 rings (SSSR count). The summed E-state index contributed by atoms with van der Waals surface area (Å²) in [5, 5.41) is 5.76. The molecular weight excluding hydrogens is 686 g/mol. The van der Waals surface area contributed by atoms with Gasteiger partial charge in [-0.2, -0.15) is 0 Å². The highest BCUT2D eigenvalue weighted by Gasteiger charge is 2.45. The van der Waals surface area contributed by atoms with Gasteiger partial charge in [-0.05, 0) is 56.8 Å². The van der Waals surface area contributed by atoms with E-state index in [2.05, 4.69) is 10.6 Å². The number of likely N-dealkylation sites (N-methyl/N-ethyl adjacent to an activating group) is 2. The summed E-state index contributed by atoms with van der Waals surface area (Å²) in [6.45, 7) is 13.7. The lowest BCUT2D eigenvalue weighted by Gasteiger charge is -2.41. The second-order valence-corrected chi connectivity index (χ2v) is 15.5. The van der Waals surface area contributed by atoms with Gasteiger partial charge in [-0.3, -0.25) is 24.1 Å². The van der Waals surface area contributed by atoms with Crippen molar-refractivity contribution in [3.63, 3.8) is 0 Å². The molecule has 4 amide bonds. The Morgan fingerprint density at radius 1 is 0.962 bits per heavy atom. The van der Waals surface area contributed by atoms with Crippen molar-refractivity contribution in [3.8, 4) is 0 Å². The number of hydrogen-bond acceptors (Lipinski definition) is 8. The summed E-state index contributed by atoms with van der Waals surface area (Å²) < 4.78 is 40.0. The Labute approximate surface area is 315 Å². The summed E-state index contributed by atoms with van der Waals surface area (Å²) in [5.74, 6) is -3.47. The number of nitrogens with one attached hydrogen (secondary N) is 2. The molecule has 1 aromatic rings. The van der Waals surface area contributed by atoms with Gasteiger partial charge in [-0.1, -0.05) is 61.0 Å². The number of carbonyl (C=O) groups is 4. The molecule has 1 fully saturated rings. The smallest absolute Gasteiger partial charge is 0.245 e. The number of amides is 4.